The number of rotatable bonds is 2. The summed E-state index contributed by atoms with van der Waals surface area (Å²) in [6.07, 6.45) is 1.92. The summed E-state index contributed by atoms with van der Waals surface area (Å²) in [5.41, 5.74) is 8.52. The van der Waals surface area contributed by atoms with Gasteiger partial charge in [-0.3, -0.25) is 0 Å². The first-order chi connectivity index (χ1) is 9.05. The Bertz CT molecular complexity index is 593. The van der Waals surface area contributed by atoms with E-state index >= 15 is 0 Å². The van der Waals surface area contributed by atoms with Crippen LogP contribution in [0.25, 0.3) is 11.0 Å². The lowest BCUT2D eigenvalue weighted by Crippen LogP contribution is -2.40. The van der Waals surface area contributed by atoms with Crippen LogP contribution < -0.4 is 11.1 Å². The molecule has 2 heterocycles. The van der Waals surface area contributed by atoms with Gasteiger partial charge in [0.1, 0.15) is 0 Å². The van der Waals surface area contributed by atoms with Gasteiger partial charge in [-0.1, -0.05) is 0 Å². The van der Waals surface area contributed by atoms with Gasteiger partial charge < -0.3 is 15.8 Å². The van der Waals surface area contributed by atoms with E-state index in [1.54, 1.807) is 0 Å². The average molecular weight is 262 g/mol. The third-order valence-electron chi connectivity index (χ3n) is 3.50. The molecule has 3 N–H and O–H groups in total. The van der Waals surface area contributed by atoms with Gasteiger partial charge in [-0.05, 0) is 49.1 Å². The maximum atomic E-state index is 5.84. The third kappa shape index (κ3) is 2.35. The Labute approximate surface area is 111 Å². The van der Waals surface area contributed by atoms with E-state index in [0.717, 1.165) is 25.1 Å². The van der Waals surface area contributed by atoms with E-state index in [1.165, 1.54) is 0 Å². The summed E-state index contributed by atoms with van der Waals surface area (Å²) in [7, 11) is 0. The minimum Gasteiger partial charge on any atom is -0.397 e. The quantitative estimate of drug-likeness (QED) is 0.807. The Morgan fingerprint density at radius 2 is 2.11 bits per heavy atom. The van der Waals surface area contributed by atoms with Crippen LogP contribution >= 0.6 is 0 Å². The van der Waals surface area contributed by atoms with Crippen molar-refractivity contribution in [3.63, 3.8) is 0 Å². The zero-order chi connectivity index (χ0) is 13.5. The highest BCUT2D eigenvalue weighted by Crippen LogP contribution is 2.30. The van der Waals surface area contributed by atoms with Gasteiger partial charge in [0.05, 0.1) is 17.0 Å². The molecule has 1 aromatic carbocycles. The number of aromatic nitrogens is 2. The second kappa shape index (κ2) is 4.38. The number of hydrogen-bond acceptors (Lipinski definition) is 6. The van der Waals surface area contributed by atoms with Crippen LogP contribution in [0.1, 0.15) is 26.7 Å². The molecule has 1 aromatic heterocycles. The van der Waals surface area contributed by atoms with Gasteiger partial charge in [-0.15, -0.1) is 0 Å². The van der Waals surface area contributed by atoms with Gasteiger partial charge in [0.25, 0.3) is 0 Å². The van der Waals surface area contributed by atoms with Crippen molar-refractivity contribution >= 4 is 22.4 Å². The van der Waals surface area contributed by atoms with Gasteiger partial charge in [-0.2, -0.15) is 0 Å². The van der Waals surface area contributed by atoms with Gasteiger partial charge in [-0.25, -0.2) is 4.63 Å². The summed E-state index contributed by atoms with van der Waals surface area (Å²) >= 11 is 0. The molecule has 1 aliphatic heterocycles. The van der Waals surface area contributed by atoms with E-state index in [0.29, 0.717) is 22.8 Å². The summed E-state index contributed by atoms with van der Waals surface area (Å²) in [6.45, 7) is 4.98. The molecule has 6 nitrogen and oxygen atoms in total. The van der Waals surface area contributed by atoms with Crippen molar-refractivity contribution in [1.29, 1.82) is 0 Å². The smallest absolute Gasteiger partial charge is 0.160 e. The minimum absolute atomic E-state index is 0.0923. The molecule has 1 aliphatic rings. The van der Waals surface area contributed by atoms with E-state index in [9.17, 15) is 0 Å². The van der Waals surface area contributed by atoms with Crippen molar-refractivity contribution in [1.82, 2.24) is 10.3 Å². The molecule has 0 spiro atoms. The molecular weight excluding hydrogens is 244 g/mol. The lowest BCUT2D eigenvalue weighted by molar-refractivity contribution is -0.0553. The Morgan fingerprint density at radius 1 is 1.32 bits per heavy atom. The van der Waals surface area contributed by atoms with E-state index < -0.39 is 0 Å². The van der Waals surface area contributed by atoms with Crippen LogP contribution in [0, 0.1) is 0 Å². The molecule has 1 unspecified atom stereocenters. The summed E-state index contributed by atoms with van der Waals surface area (Å²) in [6, 6.07) is 4.09. The van der Waals surface area contributed by atoms with Gasteiger partial charge in [0.15, 0.2) is 11.0 Å². The van der Waals surface area contributed by atoms with Gasteiger partial charge in [0, 0.05) is 12.6 Å². The predicted octanol–water partition coefficient (Wildman–Crippen LogP) is 2.17. The monoisotopic (exact) mass is 262 g/mol. The van der Waals surface area contributed by atoms with E-state index in [1.807, 2.05) is 12.1 Å². The number of nitrogen functional groups attached to an aromatic ring is 1. The largest absolute Gasteiger partial charge is 0.397 e. The molecule has 0 aliphatic carbocycles. The number of ether oxygens (including phenoxy) is 1. The number of nitrogens with two attached hydrogens (primary N) is 1. The lowest BCUT2D eigenvalue weighted by Gasteiger charge is -2.36. The highest BCUT2D eigenvalue weighted by atomic mass is 16.6. The third-order valence-corrected chi connectivity index (χ3v) is 3.50. The molecule has 0 saturated carbocycles. The van der Waals surface area contributed by atoms with Crippen LogP contribution in [0.4, 0.5) is 11.4 Å². The number of nitrogens with one attached hydrogen (secondary N) is 1. The maximum Gasteiger partial charge on any atom is 0.160 e. The van der Waals surface area contributed by atoms with Crippen LogP contribution in [0.15, 0.2) is 16.8 Å². The fourth-order valence-electron chi connectivity index (χ4n) is 2.58. The summed E-state index contributed by atoms with van der Waals surface area (Å²) in [5.74, 6) is 0. The Hall–Kier alpha value is -1.82. The molecule has 2 aromatic rings. The Balaban J connectivity index is 1.85. The second-order valence-corrected chi connectivity index (χ2v) is 5.61. The molecule has 6 heteroatoms. The molecule has 0 amide bonds. The SMILES string of the molecule is CC1(C)CC(Nc2ccc(N)c3nonc23)CCO1. The topological polar surface area (TPSA) is 86.2 Å². The number of nitrogens with zero attached hydrogens (tertiary/aromatic N) is 2. The summed E-state index contributed by atoms with van der Waals surface area (Å²) in [5, 5.41) is 11.2. The van der Waals surface area contributed by atoms with E-state index in [-0.39, 0.29) is 5.60 Å². The first-order valence-electron chi connectivity index (χ1n) is 6.46. The van der Waals surface area contributed by atoms with Gasteiger partial charge >= 0.3 is 0 Å². The van der Waals surface area contributed by atoms with Crippen molar-refractivity contribution in [2.24, 2.45) is 0 Å². The van der Waals surface area contributed by atoms with Crippen molar-refractivity contribution < 1.29 is 9.37 Å². The maximum absolute atomic E-state index is 5.84. The fraction of sp³-hybridized carbons (Fsp3) is 0.538. The minimum atomic E-state index is -0.0923. The molecule has 102 valence electrons. The first kappa shape index (κ1) is 12.2. The molecule has 19 heavy (non-hydrogen) atoms. The molecular formula is C13H18N4O2. The number of fused-ring (bicyclic) bond motifs is 1. The number of hydrogen-bond donors (Lipinski definition) is 2. The molecule has 1 saturated heterocycles. The molecule has 0 radical (unpaired) electrons. The van der Waals surface area contributed by atoms with Crippen molar-refractivity contribution in [3.8, 4) is 0 Å². The van der Waals surface area contributed by atoms with Gasteiger partial charge in [0.2, 0.25) is 0 Å². The fourth-order valence-corrected chi connectivity index (χ4v) is 2.58. The van der Waals surface area contributed by atoms with Crippen molar-refractivity contribution in [2.75, 3.05) is 17.7 Å². The Morgan fingerprint density at radius 3 is 2.89 bits per heavy atom. The van der Waals surface area contributed by atoms with Crippen LogP contribution in [0.5, 0.6) is 0 Å². The molecule has 3 rings (SSSR count). The van der Waals surface area contributed by atoms with Crippen molar-refractivity contribution in [2.45, 2.75) is 38.3 Å². The number of anilines is 2. The predicted molar refractivity (Wildman–Crippen MR) is 72.9 cm³/mol. The van der Waals surface area contributed by atoms with Crippen LogP contribution in [0.2, 0.25) is 0 Å². The molecule has 1 fully saturated rings. The van der Waals surface area contributed by atoms with E-state index in [2.05, 4.69) is 29.5 Å². The molecule has 1 atom stereocenters. The van der Waals surface area contributed by atoms with Crippen LogP contribution in [0.3, 0.4) is 0 Å². The second-order valence-electron chi connectivity index (χ2n) is 5.61. The normalized spacial score (nSPS) is 22.5. The zero-order valence-corrected chi connectivity index (χ0v) is 11.1. The van der Waals surface area contributed by atoms with E-state index in [4.69, 9.17) is 15.1 Å². The average Bonchev–Trinajstić information content (AvgIpc) is 2.82. The Kier molecular flexibility index (Phi) is 2.82. The van der Waals surface area contributed by atoms with Crippen LogP contribution in [-0.2, 0) is 4.74 Å². The number of benzene rings is 1. The summed E-state index contributed by atoms with van der Waals surface area (Å²) < 4.78 is 10.5. The van der Waals surface area contributed by atoms with Crippen LogP contribution in [-0.4, -0.2) is 28.6 Å². The standard InChI is InChI=1S/C13H18N4O2/c1-13(2)7-8(5-6-18-13)15-10-4-3-9(14)11-12(10)17-19-16-11/h3-4,8,15H,5-7,14H2,1-2H3. The highest BCUT2D eigenvalue weighted by molar-refractivity contribution is 5.95. The van der Waals surface area contributed by atoms with Crippen molar-refractivity contribution in [3.05, 3.63) is 12.1 Å². The first-order valence-corrected chi connectivity index (χ1v) is 6.46. The summed E-state index contributed by atoms with van der Waals surface area (Å²) in [4.78, 5) is 0. The molecule has 0 bridgehead atoms. The highest BCUT2D eigenvalue weighted by Gasteiger charge is 2.29. The zero-order valence-electron chi connectivity index (χ0n) is 11.1. The lowest BCUT2D eigenvalue weighted by atomic mass is 9.93.